The number of amides is 3. The molecule has 2 aliphatic carbocycles. The molecule has 1 saturated heterocycles. The van der Waals surface area contributed by atoms with Crippen molar-refractivity contribution < 1.29 is 29.3 Å². The van der Waals surface area contributed by atoms with Gasteiger partial charge in [0.2, 0.25) is 17.7 Å². The predicted molar refractivity (Wildman–Crippen MR) is 159 cm³/mol. The van der Waals surface area contributed by atoms with Gasteiger partial charge in [0.05, 0.1) is 31.9 Å². The quantitative estimate of drug-likeness (QED) is 0.447. The molecule has 1 saturated carbocycles. The van der Waals surface area contributed by atoms with Crippen molar-refractivity contribution in [2.24, 2.45) is 16.7 Å². The molecule has 0 bridgehead atoms. The summed E-state index contributed by atoms with van der Waals surface area (Å²) in [6, 6.07) is 7.36. The Kier molecular flexibility index (Phi) is 8.65. The van der Waals surface area contributed by atoms with Crippen LogP contribution >= 0.6 is 11.3 Å². The topological polar surface area (TPSA) is 132 Å². The zero-order valence-corrected chi connectivity index (χ0v) is 25.7. The summed E-state index contributed by atoms with van der Waals surface area (Å²) in [6.07, 6.45) is 1.67. The molecule has 3 amide bonds. The van der Waals surface area contributed by atoms with E-state index in [-0.39, 0.29) is 54.4 Å². The van der Waals surface area contributed by atoms with Gasteiger partial charge in [0.25, 0.3) is 0 Å². The third-order valence-corrected chi connectivity index (χ3v) is 11.1. The smallest absolute Gasteiger partial charge is 0.230 e. The van der Waals surface area contributed by atoms with E-state index in [0.717, 1.165) is 21.9 Å². The molecule has 228 valence electrons. The minimum Gasteiger partial charge on any atom is -0.497 e. The van der Waals surface area contributed by atoms with Crippen LogP contribution in [0.2, 0.25) is 0 Å². The molecule has 3 aliphatic rings. The van der Waals surface area contributed by atoms with Gasteiger partial charge in [-0.05, 0) is 48.3 Å². The summed E-state index contributed by atoms with van der Waals surface area (Å²) in [7, 11) is 1.60. The summed E-state index contributed by atoms with van der Waals surface area (Å²) in [6.45, 7) is 7.55. The predicted octanol–water partition coefficient (Wildman–Crippen LogP) is 2.83. The molecular weight excluding hydrogens is 556 g/mol. The van der Waals surface area contributed by atoms with Crippen LogP contribution in [0.1, 0.15) is 62.1 Å². The maximum absolute atomic E-state index is 13.7. The lowest BCUT2D eigenvalue weighted by Crippen LogP contribution is -2.58. The van der Waals surface area contributed by atoms with Crippen molar-refractivity contribution in [2.45, 2.75) is 64.9 Å². The van der Waals surface area contributed by atoms with E-state index in [1.807, 2.05) is 36.1 Å². The van der Waals surface area contributed by atoms with Gasteiger partial charge in [-0.15, -0.1) is 11.3 Å². The third-order valence-electron chi connectivity index (χ3n) is 10.1. The number of piperazine rings is 1. The lowest BCUT2D eigenvalue weighted by atomic mass is 9.47. The van der Waals surface area contributed by atoms with E-state index < -0.39 is 11.5 Å². The number of aromatic nitrogens is 1. The molecule has 5 unspecified atom stereocenters. The zero-order valence-electron chi connectivity index (χ0n) is 24.9. The van der Waals surface area contributed by atoms with Gasteiger partial charge in [0.1, 0.15) is 5.75 Å². The van der Waals surface area contributed by atoms with E-state index in [9.17, 15) is 24.6 Å². The van der Waals surface area contributed by atoms with Crippen LogP contribution in [0.5, 0.6) is 5.75 Å². The van der Waals surface area contributed by atoms with E-state index >= 15 is 0 Å². The molecule has 5 atom stereocenters. The fourth-order valence-electron chi connectivity index (χ4n) is 7.37. The second-order valence-corrected chi connectivity index (χ2v) is 13.6. The minimum atomic E-state index is -0.721. The van der Waals surface area contributed by atoms with Gasteiger partial charge in [0.15, 0.2) is 5.13 Å². The molecule has 1 aromatic heterocycles. The van der Waals surface area contributed by atoms with E-state index in [1.54, 1.807) is 18.9 Å². The van der Waals surface area contributed by atoms with Crippen LogP contribution in [-0.2, 0) is 27.2 Å². The van der Waals surface area contributed by atoms with Crippen molar-refractivity contribution in [3.63, 3.8) is 0 Å². The highest BCUT2D eigenvalue weighted by Gasteiger charge is 2.59. The normalized spacial score (nSPS) is 29.0. The average molecular weight is 599 g/mol. The minimum absolute atomic E-state index is 0.0162. The van der Waals surface area contributed by atoms with E-state index in [0.29, 0.717) is 50.6 Å². The fraction of sp³-hybridized carbons (Fsp3) is 0.613. The first-order chi connectivity index (χ1) is 20.0. The average Bonchev–Trinajstić information content (AvgIpc) is 3.38. The molecular formula is C31H42N4O6S. The molecule has 3 N–H and O–H groups in total. The Morgan fingerprint density at radius 1 is 1.12 bits per heavy atom. The maximum atomic E-state index is 13.7. The Hall–Kier alpha value is -3.02. The lowest BCUT2D eigenvalue weighted by Gasteiger charge is -2.58. The molecule has 2 fully saturated rings. The number of hydrogen-bond acceptors (Lipinski definition) is 8. The summed E-state index contributed by atoms with van der Waals surface area (Å²) in [5.41, 5.74) is 0.597. The largest absolute Gasteiger partial charge is 0.497 e. The number of carbonyl (C=O) groups excluding carboxylic acids is 3. The summed E-state index contributed by atoms with van der Waals surface area (Å²) in [5.74, 6) is 0.284. The van der Waals surface area contributed by atoms with Crippen LogP contribution < -0.4 is 10.1 Å². The Morgan fingerprint density at radius 3 is 2.40 bits per heavy atom. The number of nitrogens with one attached hydrogen (secondary N) is 1. The second-order valence-electron chi connectivity index (χ2n) is 12.5. The maximum Gasteiger partial charge on any atom is 0.230 e. The van der Waals surface area contributed by atoms with Gasteiger partial charge in [-0.1, -0.05) is 26.0 Å². The van der Waals surface area contributed by atoms with Crippen molar-refractivity contribution in [2.75, 3.05) is 45.2 Å². The Labute approximate surface area is 251 Å². The molecule has 1 aliphatic heterocycles. The van der Waals surface area contributed by atoms with E-state index in [2.05, 4.69) is 12.2 Å². The lowest BCUT2D eigenvalue weighted by molar-refractivity contribution is -0.149. The van der Waals surface area contributed by atoms with E-state index in [4.69, 9.17) is 9.72 Å². The molecule has 5 rings (SSSR count). The number of hydrogen-bond donors (Lipinski definition) is 3. The van der Waals surface area contributed by atoms with Gasteiger partial charge in [0, 0.05) is 55.7 Å². The Balaban J connectivity index is 1.40. The molecule has 0 spiro atoms. The summed E-state index contributed by atoms with van der Waals surface area (Å²) >= 11 is 1.42. The highest BCUT2D eigenvalue weighted by molar-refractivity contribution is 7.15. The standard InChI is InChI=1S/C31H42N4O6S/c1-19(37)34-11-13-35(14-12-34)27(40)16-22-28-23(17-24-30(22,2)10-9-25(38)31(24,3)18-36)42-29(33-28)32-26(39)15-20-5-7-21(41-4)8-6-20/h5-8,22,24-25,36,38H,9-18H2,1-4H3,(H,32,33,39). The van der Waals surface area contributed by atoms with Crippen molar-refractivity contribution in [3.8, 4) is 5.75 Å². The number of aliphatic hydroxyl groups is 2. The number of rotatable bonds is 7. The van der Waals surface area contributed by atoms with Crippen molar-refractivity contribution in [1.82, 2.24) is 14.8 Å². The Morgan fingerprint density at radius 2 is 1.79 bits per heavy atom. The Bertz CT molecular complexity index is 1320. The SMILES string of the molecule is COc1ccc(CC(=O)Nc2nc3c(s2)CC2C(C)(CO)C(O)CCC2(C)C3CC(=O)N2CCN(C(C)=O)CC2)cc1. The first-order valence-corrected chi connectivity index (χ1v) is 15.5. The van der Waals surface area contributed by atoms with Gasteiger partial charge < -0.3 is 30.1 Å². The second kappa shape index (κ2) is 11.9. The first kappa shape index (κ1) is 30.4. The number of ether oxygens (including phenoxy) is 1. The molecule has 10 nitrogen and oxygen atoms in total. The third kappa shape index (κ3) is 5.66. The molecule has 11 heteroatoms. The van der Waals surface area contributed by atoms with Crippen LogP contribution in [-0.4, -0.2) is 88.7 Å². The number of aliphatic hydroxyl groups excluding tert-OH is 2. The number of methoxy groups -OCH3 is 1. The van der Waals surface area contributed by atoms with Crippen LogP contribution in [0, 0.1) is 16.7 Å². The number of benzene rings is 1. The monoisotopic (exact) mass is 598 g/mol. The van der Waals surface area contributed by atoms with Crippen molar-refractivity contribution >= 4 is 34.2 Å². The van der Waals surface area contributed by atoms with Crippen molar-refractivity contribution in [1.29, 1.82) is 0 Å². The molecule has 2 aromatic rings. The first-order valence-electron chi connectivity index (χ1n) is 14.7. The summed E-state index contributed by atoms with van der Waals surface area (Å²) in [4.78, 5) is 48.0. The molecule has 42 heavy (non-hydrogen) atoms. The van der Waals surface area contributed by atoms with Gasteiger partial charge in [-0.3, -0.25) is 14.4 Å². The van der Waals surface area contributed by atoms with Crippen LogP contribution in [0.15, 0.2) is 24.3 Å². The highest BCUT2D eigenvalue weighted by atomic mass is 32.1. The van der Waals surface area contributed by atoms with Crippen molar-refractivity contribution in [3.05, 3.63) is 40.4 Å². The van der Waals surface area contributed by atoms with Gasteiger partial charge in [-0.2, -0.15) is 0 Å². The molecule has 2 heterocycles. The number of thiazole rings is 1. The van der Waals surface area contributed by atoms with E-state index in [1.165, 1.54) is 11.3 Å². The molecule has 0 radical (unpaired) electrons. The zero-order chi connectivity index (χ0) is 30.2. The van der Waals surface area contributed by atoms with Crippen LogP contribution in [0.25, 0.3) is 0 Å². The molecule has 1 aromatic carbocycles. The summed E-state index contributed by atoms with van der Waals surface area (Å²) < 4.78 is 5.20. The highest BCUT2D eigenvalue weighted by Crippen LogP contribution is 2.63. The van der Waals surface area contributed by atoms with Gasteiger partial charge >= 0.3 is 0 Å². The van der Waals surface area contributed by atoms with Crippen LogP contribution in [0.3, 0.4) is 0 Å². The number of anilines is 1. The van der Waals surface area contributed by atoms with Gasteiger partial charge in [-0.25, -0.2) is 4.98 Å². The fourth-order valence-corrected chi connectivity index (χ4v) is 8.45. The summed E-state index contributed by atoms with van der Waals surface area (Å²) in [5, 5.41) is 25.0. The number of carbonyl (C=O) groups is 3. The number of nitrogens with zero attached hydrogens (tertiary/aromatic N) is 3. The number of fused-ring (bicyclic) bond motifs is 2. The van der Waals surface area contributed by atoms with Crippen LogP contribution in [0.4, 0.5) is 5.13 Å².